The molecule has 100 valence electrons. The first-order valence-electron chi connectivity index (χ1n) is 6.00. The monoisotopic (exact) mass is 259 g/mol. The number of nitrogens with zero attached hydrogens (tertiary/aromatic N) is 1. The SMILES string of the molecule is COc1cc(C)cc2c(C)c(/C=C/C(=O)O)n(C)c12. The molecule has 0 aliphatic heterocycles. The number of aromatic nitrogens is 1. The molecule has 0 bridgehead atoms. The van der Waals surface area contributed by atoms with Crippen molar-refractivity contribution in [1.29, 1.82) is 0 Å². The van der Waals surface area contributed by atoms with Gasteiger partial charge in [-0.15, -0.1) is 0 Å². The van der Waals surface area contributed by atoms with E-state index >= 15 is 0 Å². The number of aliphatic carboxylic acids is 1. The zero-order valence-electron chi connectivity index (χ0n) is 11.5. The van der Waals surface area contributed by atoms with E-state index in [1.165, 1.54) is 0 Å². The molecular weight excluding hydrogens is 242 g/mol. The Kier molecular flexibility index (Phi) is 3.34. The maximum Gasteiger partial charge on any atom is 0.328 e. The van der Waals surface area contributed by atoms with E-state index in [1.807, 2.05) is 31.5 Å². The Hall–Kier alpha value is -2.23. The number of methoxy groups -OCH3 is 1. The summed E-state index contributed by atoms with van der Waals surface area (Å²) in [6.45, 7) is 4.00. The van der Waals surface area contributed by atoms with Crippen LogP contribution in [0.15, 0.2) is 18.2 Å². The first-order chi connectivity index (χ1) is 8.95. The molecule has 0 saturated carbocycles. The van der Waals surface area contributed by atoms with Gasteiger partial charge in [0.15, 0.2) is 0 Å². The van der Waals surface area contributed by atoms with Crippen molar-refractivity contribution in [3.63, 3.8) is 0 Å². The van der Waals surface area contributed by atoms with Crippen molar-refractivity contribution in [2.75, 3.05) is 7.11 Å². The summed E-state index contributed by atoms with van der Waals surface area (Å²) >= 11 is 0. The van der Waals surface area contributed by atoms with Crippen molar-refractivity contribution in [2.45, 2.75) is 13.8 Å². The average molecular weight is 259 g/mol. The zero-order chi connectivity index (χ0) is 14.2. The van der Waals surface area contributed by atoms with Gasteiger partial charge in [-0.25, -0.2) is 4.79 Å². The minimum atomic E-state index is -0.951. The molecule has 1 heterocycles. The maximum absolute atomic E-state index is 10.7. The summed E-state index contributed by atoms with van der Waals surface area (Å²) in [7, 11) is 3.55. The molecule has 1 N–H and O–H groups in total. The molecule has 0 fully saturated rings. The first kappa shape index (κ1) is 13.2. The molecular formula is C15H17NO3. The van der Waals surface area contributed by atoms with E-state index < -0.39 is 5.97 Å². The fraction of sp³-hybridized carbons (Fsp3) is 0.267. The molecule has 0 atom stereocenters. The largest absolute Gasteiger partial charge is 0.495 e. The van der Waals surface area contributed by atoms with Gasteiger partial charge in [-0.3, -0.25) is 0 Å². The van der Waals surface area contributed by atoms with Crippen molar-refractivity contribution in [1.82, 2.24) is 4.57 Å². The summed E-state index contributed by atoms with van der Waals surface area (Å²) in [6.07, 6.45) is 2.77. The van der Waals surface area contributed by atoms with Gasteiger partial charge in [-0.2, -0.15) is 0 Å². The van der Waals surface area contributed by atoms with Crippen molar-refractivity contribution in [3.8, 4) is 5.75 Å². The van der Waals surface area contributed by atoms with Crippen LogP contribution in [-0.4, -0.2) is 22.8 Å². The van der Waals surface area contributed by atoms with E-state index in [2.05, 4.69) is 6.07 Å². The van der Waals surface area contributed by atoms with Gasteiger partial charge in [-0.1, -0.05) is 0 Å². The van der Waals surface area contributed by atoms with Crippen LogP contribution >= 0.6 is 0 Å². The summed E-state index contributed by atoms with van der Waals surface area (Å²) in [5, 5.41) is 9.84. The lowest BCUT2D eigenvalue weighted by Crippen LogP contribution is -1.95. The second kappa shape index (κ2) is 4.80. The topological polar surface area (TPSA) is 51.5 Å². The molecule has 0 amide bonds. The van der Waals surface area contributed by atoms with Crippen LogP contribution in [0.4, 0.5) is 0 Å². The predicted molar refractivity (Wildman–Crippen MR) is 75.6 cm³/mol. The number of carboxylic acids is 1. The van der Waals surface area contributed by atoms with Crippen LogP contribution in [0.3, 0.4) is 0 Å². The van der Waals surface area contributed by atoms with Crippen LogP contribution in [0, 0.1) is 13.8 Å². The van der Waals surface area contributed by atoms with E-state index in [4.69, 9.17) is 9.84 Å². The summed E-state index contributed by atoms with van der Waals surface area (Å²) in [5.41, 5.74) is 4.03. The van der Waals surface area contributed by atoms with Crippen molar-refractivity contribution >= 4 is 22.9 Å². The molecule has 0 spiro atoms. The number of carbonyl (C=O) groups is 1. The number of ether oxygens (including phenoxy) is 1. The smallest absolute Gasteiger partial charge is 0.328 e. The van der Waals surface area contributed by atoms with Crippen LogP contribution in [0.2, 0.25) is 0 Å². The van der Waals surface area contributed by atoms with E-state index in [0.717, 1.165) is 39.5 Å². The van der Waals surface area contributed by atoms with Gasteiger partial charge in [0.25, 0.3) is 0 Å². The van der Waals surface area contributed by atoms with E-state index in [-0.39, 0.29) is 0 Å². The minimum absolute atomic E-state index is 0.801. The Bertz CT molecular complexity index is 680. The Balaban J connectivity index is 2.78. The van der Waals surface area contributed by atoms with Crippen LogP contribution in [0.5, 0.6) is 5.75 Å². The molecule has 2 rings (SSSR count). The van der Waals surface area contributed by atoms with Gasteiger partial charge < -0.3 is 14.4 Å². The number of fused-ring (bicyclic) bond motifs is 1. The van der Waals surface area contributed by atoms with E-state index in [0.29, 0.717) is 0 Å². The second-order valence-electron chi connectivity index (χ2n) is 4.60. The Morgan fingerprint density at radius 1 is 1.37 bits per heavy atom. The van der Waals surface area contributed by atoms with E-state index in [9.17, 15) is 4.79 Å². The molecule has 0 unspecified atom stereocenters. The highest BCUT2D eigenvalue weighted by molar-refractivity contribution is 5.94. The zero-order valence-corrected chi connectivity index (χ0v) is 11.5. The minimum Gasteiger partial charge on any atom is -0.495 e. The van der Waals surface area contributed by atoms with Gasteiger partial charge in [0.05, 0.1) is 12.6 Å². The van der Waals surface area contributed by atoms with Crippen LogP contribution in [-0.2, 0) is 11.8 Å². The van der Waals surface area contributed by atoms with E-state index in [1.54, 1.807) is 13.2 Å². The Morgan fingerprint density at radius 3 is 2.63 bits per heavy atom. The van der Waals surface area contributed by atoms with Gasteiger partial charge in [-0.05, 0) is 43.2 Å². The fourth-order valence-electron chi connectivity index (χ4n) is 2.43. The Labute approximate surface area is 111 Å². The summed E-state index contributed by atoms with van der Waals surface area (Å²) in [6, 6.07) is 4.07. The highest BCUT2D eigenvalue weighted by atomic mass is 16.5. The average Bonchev–Trinajstić information content (AvgIpc) is 2.58. The van der Waals surface area contributed by atoms with Crippen LogP contribution in [0.25, 0.3) is 17.0 Å². The number of rotatable bonds is 3. The second-order valence-corrected chi connectivity index (χ2v) is 4.60. The predicted octanol–water partition coefficient (Wildman–Crippen LogP) is 2.90. The number of hydrogen-bond acceptors (Lipinski definition) is 2. The summed E-state index contributed by atoms with van der Waals surface area (Å²) in [4.78, 5) is 10.7. The lowest BCUT2D eigenvalue weighted by atomic mass is 10.1. The third-order valence-corrected chi connectivity index (χ3v) is 3.31. The molecule has 19 heavy (non-hydrogen) atoms. The molecule has 4 nitrogen and oxygen atoms in total. The van der Waals surface area contributed by atoms with Crippen molar-refractivity contribution in [3.05, 3.63) is 35.0 Å². The molecule has 2 aromatic rings. The molecule has 0 aliphatic rings. The normalized spacial score (nSPS) is 11.4. The molecule has 1 aromatic heterocycles. The highest BCUT2D eigenvalue weighted by Gasteiger charge is 2.14. The summed E-state index contributed by atoms with van der Waals surface area (Å²) < 4.78 is 7.38. The molecule has 0 radical (unpaired) electrons. The molecule has 0 saturated heterocycles. The third-order valence-electron chi connectivity index (χ3n) is 3.31. The molecule has 4 heteroatoms. The van der Waals surface area contributed by atoms with Gasteiger partial charge >= 0.3 is 5.97 Å². The summed E-state index contributed by atoms with van der Waals surface area (Å²) in [5.74, 6) is -0.150. The fourth-order valence-corrected chi connectivity index (χ4v) is 2.43. The number of carboxylic acid groups (broad SMARTS) is 1. The highest BCUT2D eigenvalue weighted by Crippen LogP contribution is 2.33. The quantitative estimate of drug-likeness (QED) is 0.862. The van der Waals surface area contributed by atoms with Gasteiger partial charge in [0, 0.05) is 24.2 Å². The first-order valence-corrected chi connectivity index (χ1v) is 6.00. The van der Waals surface area contributed by atoms with Gasteiger partial charge in [0.1, 0.15) is 5.75 Å². The molecule has 1 aromatic carbocycles. The van der Waals surface area contributed by atoms with Crippen molar-refractivity contribution < 1.29 is 14.6 Å². The Morgan fingerprint density at radius 2 is 2.05 bits per heavy atom. The number of aryl methyl sites for hydroxylation is 3. The van der Waals surface area contributed by atoms with Gasteiger partial charge in [0.2, 0.25) is 0 Å². The third kappa shape index (κ3) is 2.21. The molecule has 0 aliphatic carbocycles. The number of hydrogen-bond donors (Lipinski definition) is 1. The maximum atomic E-state index is 10.7. The lowest BCUT2D eigenvalue weighted by Gasteiger charge is -2.06. The standard InChI is InChI=1S/C15H17NO3/c1-9-7-11-10(2)12(5-6-14(17)18)16(3)15(11)13(8-9)19-4/h5-8H,1-4H3,(H,17,18)/b6-5+. The van der Waals surface area contributed by atoms with Crippen LogP contribution in [0.1, 0.15) is 16.8 Å². The lowest BCUT2D eigenvalue weighted by molar-refractivity contribution is -0.131. The van der Waals surface area contributed by atoms with Crippen molar-refractivity contribution in [2.24, 2.45) is 7.05 Å². The number of benzene rings is 1. The van der Waals surface area contributed by atoms with Crippen LogP contribution < -0.4 is 4.74 Å².